The van der Waals surface area contributed by atoms with Crippen molar-refractivity contribution >= 4 is 23.9 Å². The Bertz CT molecular complexity index is 302. The highest BCUT2D eigenvalue weighted by Gasteiger charge is 2.03. The van der Waals surface area contributed by atoms with E-state index in [0.717, 1.165) is 9.80 Å². The zero-order valence-electron chi connectivity index (χ0n) is 10.7. The predicted octanol–water partition coefficient (Wildman–Crippen LogP) is -3.03. The molecular formula is C8H20N6O5. The normalized spacial score (nSPS) is 8.11. The maximum atomic E-state index is 9.92. The third-order valence-electron chi connectivity index (χ3n) is 1.57. The van der Waals surface area contributed by atoms with Gasteiger partial charge in [0.1, 0.15) is 13.1 Å². The van der Waals surface area contributed by atoms with E-state index in [-0.39, 0.29) is 30.5 Å². The number of carbonyl (C=O) groups is 2. The first-order valence-corrected chi connectivity index (χ1v) is 4.61. The van der Waals surface area contributed by atoms with E-state index in [2.05, 4.69) is 0 Å². The summed E-state index contributed by atoms with van der Waals surface area (Å²) in [4.78, 5) is 22.1. The first-order valence-electron chi connectivity index (χ1n) is 4.61. The molecule has 0 aliphatic heterocycles. The molecular weight excluding hydrogens is 260 g/mol. The molecule has 112 valence electrons. The molecule has 11 heteroatoms. The molecule has 0 spiro atoms. The van der Waals surface area contributed by atoms with E-state index in [1.54, 1.807) is 0 Å². The molecule has 0 aliphatic rings. The van der Waals surface area contributed by atoms with Gasteiger partial charge < -0.3 is 37.0 Å². The SMILES string of the molecule is CN(CC(=O)O)C(=N)N.CN(CC(=O)O)C(=N)N.O. The molecule has 0 aromatic carbocycles. The number of carboxylic acid groups (broad SMARTS) is 2. The van der Waals surface area contributed by atoms with E-state index in [9.17, 15) is 9.59 Å². The summed E-state index contributed by atoms with van der Waals surface area (Å²) in [5.41, 5.74) is 9.86. The van der Waals surface area contributed by atoms with Crippen LogP contribution < -0.4 is 11.5 Å². The van der Waals surface area contributed by atoms with Gasteiger partial charge in [0.15, 0.2) is 11.9 Å². The highest BCUT2D eigenvalue weighted by molar-refractivity contribution is 5.80. The predicted molar refractivity (Wildman–Crippen MR) is 68.0 cm³/mol. The Morgan fingerprint density at radius 2 is 1.16 bits per heavy atom. The Labute approximate surface area is 109 Å². The van der Waals surface area contributed by atoms with Gasteiger partial charge in [-0.2, -0.15) is 0 Å². The van der Waals surface area contributed by atoms with Crippen LogP contribution in [-0.2, 0) is 9.59 Å². The Kier molecular flexibility index (Phi) is 12.1. The lowest BCUT2D eigenvalue weighted by atomic mass is 10.6. The first-order chi connectivity index (χ1) is 8.07. The molecule has 0 heterocycles. The first kappa shape index (κ1) is 21.7. The van der Waals surface area contributed by atoms with E-state index < -0.39 is 11.9 Å². The molecule has 0 aromatic rings. The fourth-order valence-corrected chi connectivity index (χ4v) is 0.576. The molecule has 0 amide bonds. The highest BCUT2D eigenvalue weighted by Crippen LogP contribution is 1.77. The van der Waals surface area contributed by atoms with Crippen LogP contribution in [0.2, 0.25) is 0 Å². The Morgan fingerprint density at radius 1 is 0.947 bits per heavy atom. The highest BCUT2D eigenvalue weighted by atomic mass is 16.4. The average Bonchev–Trinajstić information content (AvgIpc) is 2.16. The van der Waals surface area contributed by atoms with Crippen molar-refractivity contribution in [3.63, 3.8) is 0 Å². The molecule has 0 rings (SSSR count). The fourth-order valence-electron chi connectivity index (χ4n) is 0.576. The molecule has 0 bridgehead atoms. The number of likely N-dealkylation sites (N-methyl/N-ethyl adjacent to an activating group) is 2. The van der Waals surface area contributed by atoms with Crippen molar-refractivity contribution in [2.75, 3.05) is 27.2 Å². The maximum absolute atomic E-state index is 9.92. The number of nitrogens with zero attached hydrogens (tertiary/aromatic N) is 2. The zero-order chi connectivity index (χ0) is 14.9. The van der Waals surface area contributed by atoms with Crippen LogP contribution in [0.5, 0.6) is 0 Å². The number of carboxylic acids is 2. The molecule has 0 fully saturated rings. The minimum Gasteiger partial charge on any atom is -0.480 e. The monoisotopic (exact) mass is 280 g/mol. The molecule has 0 radical (unpaired) electrons. The quantitative estimate of drug-likeness (QED) is 0.229. The van der Waals surface area contributed by atoms with Crippen molar-refractivity contribution in [2.45, 2.75) is 0 Å². The van der Waals surface area contributed by atoms with Crippen molar-refractivity contribution in [3.05, 3.63) is 0 Å². The summed E-state index contributed by atoms with van der Waals surface area (Å²) in [5.74, 6) is -2.46. The molecule has 0 atom stereocenters. The third kappa shape index (κ3) is 15.4. The average molecular weight is 280 g/mol. The molecule has 19 heavy (non-hydrogen) atoms. The van der Waals surface area contributed by atoms with Gasteiger partial charge >= 0.3 is 11.9 Å². The zero-order valence-corrected chi connectivity index (χ0v) is 10.7. The van der Waals surface area contributed by atoms with Crippen LogP contribution in [0.1, 0.15) is 0 Å². The lowest BCUT2D eigenvalue weighted by Gasteiger charge is -2.12. The van der Waals surface area contributed by atoms with Gasteiger partial charge in [0.05, 0.1) is 0 Å². The van der Waals surface area contributed by atoms with Gasteiger partial charge in [0, 0.05) is 14.1 Å². The molecule has 0 saturated heterocycles. The summed E-state index contributed by atoms with van der Waals surface area (Å²) < 4.78 is 0. The van der Waals surface area contributed by atoms with E-state index in [1.807, 2.05) is 0 Å². The number of nitrogens with one attached hydrogen (secondary N) is 2. The second kappa shape index (κ2) is 10.6. The summed E-state index contributed by atoms with van der Waals surface area (Å²) >= 11 is 0. The Hall–Kier alpha value is -2.56. The van der Waals surface area contributed by atoms with Crippen LogP contribution >= 0.6 is 0 Å². The smallest absolute Gasteiger partial charge is 0.323 e. The van der Waals surface area contributed by atoms with E-state index >= 15 is 0 Å². The molecule has 0 aliphatic carbocycles. The van der Waals surface area contributed by atoms with Crippen LogP contribution in [0.15, 0.2) is 0 Å². The van der Waals surface area contributed by atoms with Crippen molar-refractivity contribution in [2.24, 2.45) is 11.5 Å². The number of guanidine groups is 2. The van der Waals surface area contributed by atoms with Gasteiger partial charge in [-0.25, -0.2) is 0 Å². The van der Waals surface area contributed by atoms with Crippen LogP contribution in [0, 0.1) is 10.8 Å². The Morgan fingerprint density at radius 3 is 1.21 bits per heavy atom. The summed E-state index contributed by atoms with van der Waals surface area (Å²) in [6.45, 7) is -0.454. The van der Waals surface area contributed by atoms with Gasteiger partial charge in [0.2, 0.25) is 0 Å². The second-order valence-electron chi connectivity index (χ2n) is 3.27. The summed E-state index contributed by atoms with van der Waals surface area (Å²) in [5, 5.41) is 29.7. The summed E-state index contributed by atoms with van der Waals surface area (Å²) in [7, 11) is 2.88. The molecule has 0 unspecified atom stereocenters. The van der Waals surface area contributed by atoms with Gasteiger partial charge in [0.25, 0.3) is 0 Å². The number of hydrogen-bond donors (Lipinski definition) is 6. The topological polar surface area (TPSA) is 212 Å². The second-order valence-corrected chi connectivity index (χ2v) is 3.27. The van der Waals surface area contributed by atoms with Crippen molar-refractivity contribution in [1.29, 1.82) is 10.8 Å². The standard InChI is InChI=1S/2C4H9N3O2.H2O/c2*1-7(4(5)6)2-3(8)9;/h2*2H2,1H3,(H3,5,6)(H,8,9);1H2. The number of nitrogens with two attached hydrogens (primary N) is 2. The van der Waals surface area contributed by atoms with E-state index in [1.165, 1.54) is 14.1 Å². The lowest BCUT2D eigenvalue weighted by Crippen LogP contribution is -2.36. The number of rotatable bonds is 4. The summed E-state index contributed by atoms with van der Waals surface area (Å²) in [6.07, 6.45) is 0. The lowest BCUT2D eigenvalue weighted by molar-refractivity contribution is -0.138. The van der Waals surface area contributed by atoms with Crippen LogP contribution in [-0.4, -0.2) is 76.5 Å². The van der Waals surface area contributed by atoms with E-state index in [4.69, 9.17) is 32.5 Å². The van der Waals surface area contributed by atoms with E-state index in [0.29, 0.717) is 0 Å². The van der Waals surface area contributed by atoms with Crippen LogP contribution in [0.4, 0.5) is 0 Å². The van der Waals surface area contributed by atoms with Gasteiger partial charge in [-0.3, -0.25) is 20.4 Å². The van der Waals surface area contributed by atoms with Gasteiger partial charge in [-0.05, 0) is 0 Å². The number of hydrogen-bond acceptors (Lipinski definition) is 4. The summed E-state index contributed by atoms with van der Waals surface area (Å²) in [6, 6.07) is 0. The van der Waals surface area contributed by atoms with Crippen LogP contribution in [0.25, 0.3) is 0 Å². The minimum atomic E-state index is -0.993. The van der Waals surface area contributed by atoms with Crippen molar-refractivity contribution in [1.82, 2.24) is 9.80 Å². The van der Waals surface area contributed by atoms with Crippen LogP contribution in [0.3, 0.4) is 0 Å². The van der Waals surface area contributed by atoms with Crippen molar-refractivity contribution in [3.8, 4) is 0 Å². The molecule has 10 N–H and O–H groups in total. The Balaban J connectivity index is -0.000000256. The fraction of sp³-hybridized carbons (Fsp3) is 0.500. The molecule has 11 nitrogen and oxygen atoms in total. The molecule has 0 aromatic heterocycles. The van der Waals surface area contributed by atoms with Gasteiger partial charge in [-0.15, -0.1) is 0 Å². The van der Waals surface area contributed by atoms with Gasteiger partial charge in [-0.1, -0.05) is 0 Å². The largest absolute Gasteiger partial charge is 0.480 e. The van der Waals surface area contributed by atoms with Crippen molar-refractivity contribution < 1.29 is 25.3 Å². The molecule has 0 saturated carbocycles. The number of aliphatic carboxylic acids is 2. The maximum Gasteiger partial charge on any atom is 0.323 e. The minimum absolute atomic E-state index is 0. The third-order valence-corrected chi connectivity index (χ3v) is 1.57.